The van der Waals surface area contributed by atoms with E-state index >= 15 is 0 Å². The zero-order chi connectivity index (χ0) is 20.4. The van der Waals surface area contributed by atoms with Gasteiger partial charge in [0.25, 0.3) is 10.0 Å². The van der Waals surface area contributed by atoms with E-state index < -0.39 is 10.0 Å². The zero-order valence-corrected chi connectivity index (χ0v) is 15.9. The Morgan fingerprint density at radius 1 is 0.793 bits per heavy atom. The second-order valence-corrected chi connectivity index (χ2v) is 7.94. The Hall–Kier alpha value is -3.85. The van der Waals surface area contributed by atoms with Gasteiger partial charge in [0.2, 0.25) is 0 Å². The van der Waals surface area contributed by atoms with Crippen LogP contribution in [0.2, 0.25) is 0 Å². The van der Waals surface area contributed by atoms with E-state index in [0.29, 0.717) is 22.4 Å². The molecular weight excluding hydrogens is 390 g/mol. The Bertz CT molecular complexity index is 1270. The molecule has 8 nitrogen and oxygen atoms in total. The van der Waals surface area contributed by atoms with Gasteiger partial charge in [-0.15, -0.1) is 0 Å². The number of fused-ring (bicyclic) bond motifs is 1. The van der Waals surface area contributed by atoms with Gasteiger partial charge in [0.15, 0.2) is 11.6 Å². The number of rotatable bonds is 5. The summed E-state index contributed by atoms with van der Waals surface area (Å²) in [5, 5.41) is 12.5. The van der Waals surface area contributed by atoms with Crippen LogP contribution in [0, 0.1) is 0 Å². The number of phenolic OH excluding ortho intramolecular Hbond substituents is 1. The molecule has 29 heavy (non-hydrogen) atoms. The molecular formula is C20H17N5O3S. The third-order valence-electron chi connectivity index (χ3n) is 4.12. The van der Waals surface area contributed by atoms with Crippen molar-refractivity contribution in [1.82, 2.24) is 9.97 Å². The van der Waals surface area contributed by atoms with Crippen LogP contribution >= 0.6 is 0 Å². The lowest BCUT2D eigenvalue weighted by molar-refractivity contribution is 0.475. The summed E-state index contributed by atoms with van der Waals surface area (Å²) < 4.78 is 28.1. The zero-order valence-electron chi connectivity index (χ0n) is 15.1. The monoisotopic (exact) mass is 407 g/mol. The minimum Gasteiger partial charge on any atom is -0.508 e. The van der Waals surface area contributed by atoms with Crippen LogP contribution in [0.4, 0.5) is 23.0 Å². The van der Waals surface area contributed by atoms with Crippen LogP contribution in [0.1, 0.15) is 0 Å². The van der Waals surface area contributed by atoms with Gasteiger partial charge in [-0.25, -0.2) is 18.4 Å². The lowest BCUT2D eigenvalue weighted by Gasteiger charge is -2.14. The molecule has 0 aliphatic heterocycles. The molecule has 146 valence electrons. The molecule has 1 aromatic heterocycles. The Morgan fingerprint density at radius 3 is 2.00 bits per heavy atom. The minimum atomic E-state index is -3.91. The molecule has 0 spiro atoms. The van der Waals surface area contributed by atoms with Crippen LogP contribution in [-0.4, -0.2) is 23.5 Å². The van der Waals surface area contributed by atoms with Crippen LogP contribution < -0.4 is 15.8 Å². The number of aromatic hydroxyl groups is 1. The fourth-order valence-corrected chi connectivity index (χ4v) is 3.68. The maximum Gasteiger partial charge on any atom is 0.263 e. The summed E-state index contributed by atoms with van der Waals surface area (Å²) in [6.07, 6.45) is 0. The third kappa shape index (κ3) is 4.04. The van der Waals surface area contributed by atoms with Crippen LogP contribution in [0.3, 0.4) is 0 Å². The molecule has 0 radical (unpaired) electrons. The molecule has 1 heterocycles. The van der Waals surface area contributed by atoms with Gasteiger partial charge in [-0.1, -0.05) is 12.1 Å². The Kier molecular flexibility index (Phi) is 4.65. The lowest BCUT2D eigenvalue weighted by atomic mass is 10.3. The van der Waals surface area contributed by atoms with Gasteiger partial charge in [-0.05, 0) is 60.7 Å². The number of nitrogens with two attached hydrogens (primary N) is 1. The molecule has 0 aliphatic carbocycles. The van der Waals surface area contributed by atoms with Crippen molar-refractivity contribution in [3.05, 3.63) is 72.8 Å². The van der Waals surface area contributed by atoms with Crippen molar-refractivity contribution < 1.29 is 13.5 Å². The van der Waals surface area contributed by atoms with Crippen LogP contribution in [0.15, 0.2) is 77.7 Å². The average Bonchev–Trinajstić information content (AvgIpc) is 2.70. The number of sulfonamides is 1. The smallest absolute Gasteiger partial charge is 0.263 e. The number of benzene rings is 3. The Balaban J connectivity index is 1.77. The number of nitrogen functional groups attached to an aromatic ring is 1. The fourth-order valence-electron chi connectivity index (χ4n) is 2.67. The van der Waals surface area contributed by atoms with Crippen LogP contribution in [0.5, 0.6) is 5.75 Å². The molecule has 0 atom stereocenters. The van der Waals surface area contributed by atoms with Crippen molar-refractivity contribution in [1.29, 1.82) is 0 Å². The molecule has 0 aliphatic rings. The van der Waals surface area contributed by atoms with Crippen molar-refractivity contribution >= 4 is 44.1 Å². The summed E-state index contributed by atoms with van der Waals surface area (Å²) in [6, 6.07) is 19.3. The number of nitrogens with zero attached hydrogens (tertiary/aromatic N) is 2. The lowest BCUT2D eigenvalue weighted by Crippen LogP contribution is -2.16. The SMILES string of the molecule is Nc1ccc(S(=O)(=O)Nc2nc3ccccc3nc2Nc2ccc(O)cc2)cc1. The van der Waals surface area contributed by atoms with Crippen LogP contribution in [-0.2, 0) is 10.0 Å². The summed E-state index contributed by atoms with van der Waals surface area (Å²) in [6.45, 7) is 0. The quantitative estimate of drug-likeness (QED) is 0.294. The summed E-state index contributed by atoms with van der Waals surface area (Å²) in [5.74, 6) is 0.395. The molecule has 0 fully saturated rings. The van der Waals surface area contributed by atoms with Crippen molar-refractivity contribution in [3.63, 3.8) is 0 Å². The first kappa shape index (κ1) is 18.5. The van der Waals surface area contributed by atoms with Crippen LogP contribution in [0.25, 0.3) is 11.0 Å². The number of hydrogen-bond acceptors (Lipinski definition) is 7. The van der Waals surface area contributed by atoms with Gasteiger partial charge in [0, 0.05) is 11.4 Å². The van der Waals surface area contributed by atoms with E-state index in [2.05, 4.69) is 20.0 Å². The van der Waals surface area contributed by atoms with Crippen molar-refractivity contribution in [2.45, 2.75) is 4.90 Å². The predicted octanol–water partition coefficient (Wildman–Crippen LogP) is 3.46. The van der Waals surface area contributed by atoms with Crippen molar-refractivity contribution in [2.24, 2.45) is 0 Å². The summed E-state index contributed by atoms with van der Waals surface area (Å²) >= 11 is 0. The van der Waals surface area contributed by atoms with Gasteiger partial charge in [0.05, 0.1) is 15.9 Å². The van der Waals surface area contributed by atoms with E-state index in [0.717, 1.165) is 0 Å². The summed E-state index contributed by atoms with van der Waals surface area (Å²) in [7, 11) is -3.91. The van der Waals surface area contributed by atoms with E-state index in [1.54, 1.807) is 30.3 Å². The van der Waals surface area contributed by atoms with E-state index in [1.165, 1.54) is 36.4 Å². The number of anilines is 4. The van der Waals surface area contributed by atoms with Crippen molar-refractivity contribution in [2.75, 3.05) is 15.8 Å². The number of phenols is 1. The summed E-state index contributed by atoms with van der Waals surface area (Å²) in [5.41, 5.74) is 7.86. The number of aromatic nitrogens is 2. The topological polar surface area (TPSA) is 130 Å². The molecule has 9 heteroatoms. The van der Waals surface area contributed by atoms with Gasteiger partial charge >= 0.3 is 0 Å². The van der Waals surface area contributed by atoms with E-state index in [1.807, 2.05) is 6.07 Å². The third-order valence-corrected chi connectivity index (χ3v) is 5.48. The van der Waals surface area contributed by atoms with Gasteiger partial charge < -0.3 is 16.2 Å². The maximum atomic E-state index is 12.8. The van der Waals surface area contributed by atoms with Gasteiger partial charge in [-0.2, -0.15) is 0 Å². The molecule has 5 N–H and O–H groups in total. The highest BCUT2D eigenvalue weighted by atomic mass is 32.2. The van der Waals surface area contributed by atoms with Crippen molar-refractivity contribution in [3.8, 4) is 5.75 Å². The Labute approximate surface area is 167 Å². The fraction of sp³-hybridized carbons (Fsp3) is 0. The normalized spacial score (nSPS) is 11.3. The minimum absolute atomic E-state index is 0.0496. The van der Waals surface area contributed by atoms with E-state index in [9.17, 15) is 13.5 Å². The second-order valence-electron chi connectivity index (χ2n) is 6.26. The highest BCUT2D eigenvalue weighted by molar-refractivity contribution is 7.92. The molecule has 0 saturated heterocycles. The van der Waals surface area contributed by atoms with E-state index in [-0.39, 0.29) is 22.3 Å². The standard InChI is InChI=1S/C20H17N5O3S/c21-13-5-11-16(12-6-13)29(27,28)25-20-19(22-14-7-9-15(26)10-8-14)23-17-3-1-2-4-18(17)24-20/h1-12,26H,21H2,(H,22,23)(H,24,25). The molecule has 0 bridgehead atoms. The maximum absolute atomic E-state index is 12.8. The number of nitrogens with one attached hydrogen (secondary N) is 2. The molecule has 0 amide bonds. The average molecular weight is 407 g/mol. The predicted molar refractivity (Wildman–Crippen MR) is 113 cm³/mol. The number of hydrogen-bond donors (Lipinski definition) is 4. The molecule has 0 saturated carbocycles. The Morgan fingerprint density at radius 2 is 1.38 bits per heavy atom. The molecule has 4 rings (SSSR count). The molecule has 3 aromatic carbocycles. The first-order chi connectivity index (χ1) is 13.9. The van der Waals surface area contributed by atoms with Gasteiger partial charge in [0.1, 0.15) is 5.75 Å². The second kappa shape index (κ2) is 7.28. The first-order valence-electron chi connectivity index (χ1n) is 8.62. The molecule has 0 unspecified atom stereocenters. The summed E-state index contributed by atoms with van der Waals surface area (Å²) in [4.78, 5) is 8.98. The first-order valence-corrected chi connectivity index (χ1v) is 10.1. The highest BCUT2D eigenvalue weighted by Crippen LogP contribution is 2.27. The largest absolute Gasteiger partial charge is 0.508 e. The highest BCUT2D eigenvalue weighted by Gasteiger charge is 2.19. The molecule has 4 aromatic rings. The van der Waals surface area contributed by atoms with Gasteiger partial charge in [-0.3, -0.25) is 4.72 Å². The number of para-hydroxylation sites is 2. The van der Waals surface area contributed by atoms with E-state index in [4.69, 9.17) is 5.73 Å².